The Kier molecular flexibility index (Phi) is 3.85. The van der Waals surface area contributed by atoms with Crippen molar-refractivity contribution in [2.75, 3.05) is 13.1 Å². The molecule has 5 heteroatoms. The summed E-state index contributed by atoms with van der Waals surface area (Å²) in [5.41, 5.74) is -0.0707. The third-order valence-corrected chi connectivity index (χ3v) is 3.65. The van der Waals surface area contributed by atoms with Gasteiger partial charge in [-0.15, -0.1) is 0 Å². The van der Waals surface area contributed by atoms with Crippen LogP contribution in [-0.4, -0.2) is 35.1 Å². The van der Waals surface area contributed by atoms with Gasteiger partial charge in [-0.2, -0.15) is 8.78 Å². The van der Waals surface area contributed by atoms with Crippen LogP contribution < -0.4 is 0 Å². The van der Waals surface area contributed by atoms with E-state index in [9.17, 15) is 13.6 Å². The number of rotatable bonds is 4. The maximum atomic E-state index is 14.1. The first-order valence-corrected chi connectivity index (χ1v) is 6.32. The molecule has 1 aliphatic rings. The number of carboxylic acids is 1. The zero-order chi connectivity index (χ0) is 14.0. The summed E-state index contributed by atoms with van der Waals surface area (Å²) in [6.45, 7) is 1.65. The molecule has 1 heterocycles. The molecule has 0 amide bonds. The molecule has 104 valence electrons. The van der Waals surface area contributed by atoms with Crippen molar-refractivity contribution in [1.82, 2.24) is 4.90 Å². The molecule has 1 fully saturated rings. The Morgan fingerprint density at radius 2 is 2.05 bits per heavy atom. The number of hydrogen-bond donors (Lipinski definition) is 1. The van der Waals surface area contributed by atoms with Gasteiger partial charge in [-0.05, 0) is 18.9 Å². The number of halogens is 2. The average Bonchev–Trinajstić information content (AvgIpc) is 2.71. The molecule has 19 heavy (non-hydrogen) atoms. The summed E-state index contributed by atoms with van der Waals surface area (Å²) in [5.74, 6) is -4.14. The van der Waals surface area contributed by atoms with Crippen LogP contribution >= 0.6 is 0 Å². The van der Waals surface area contributed by atoms with Gasteiger partial charge in [0.25, 0.3) is 5.92 Å². The van der Waals surface area contributed by atoms with E-state index in [-0.39, 0.29) is 11.5 Å². The molecular formula is C14H17F2NO2. The number of likely N-dealkylation sites (tertiary alicyclic amines) is 1. The summed E-state index contributed by atoms with van der Waals surface area (Å²) < 4.78 is 28.3. The molecule has 0 aromatic heterocycles. The maximum absolute atomic E-state index is 14.1. The van der Waals surface area contributed by atoms with Crippen LogP contribution in [-0.2, 0) is 10.7 Å². The molecule has 0 bridgehead atoms. The maximum Gasteiger partial charge on any atom is 0.321 e. The second-order valence-electron chi connectivity index (χ2n) is 5.09. The molecule has 1 aromatic carbocycles. The predicted octanol–water partition coefficient (Wildman–Crippen LogP) is 2.57. The highest BCUT2D eigenvalue weighted by Gasteiger charge is 2.43. The Labute approximate surface area is 110 Å². The van der Waals surface area contributed by atoms with Crippen LogP contribution in [0.3, 0.4) is 0 Å². The van der Waals surface area contributed by atoms with Crippen molar-refractivity contribution in [3.63, 3.8) is 0 Å². The molecule has 2 atom stereocenters. The first-order chi connectivity index (χ1) is 8.92. The monoisotopic (exact) mass is 269 g/mol. The summed E-state index contributed by atoms with van der Waals surface area (Å²) in [5, 5.41) is 9.13. The first kappa shape index (κ1) is 13.9. The topological polar surface area (TPSA) is 40.5 Å². The molecule has 3 nitrogen and oxygen atoms in total. The van der Waals surface area contributed by atoms with Gasteiger partial charge in [0.15, 0.2) is 0 Å². The summed E-state index contributed by atoms with van der Waals surface area (Å²) in [6, 6.07) is 6.73. The van der Waals surface area contributed by atoms with Crippen LogP contribution in [0.25, 0.3) is 0 Å². The summed E-state index contributed by atoms with van der Waals surface area (Å²) in [4.78, 5) is 12.5. The fraction of sp³-hybridized carbons (Fsp3) is 0.500. The highest BCUT2D eigenvalue weighted by Crippen LogP contribution is 2.33. The molecule has 1 aromatic rings. The summed E-state index contributed by atoms with van der Waals surface area (Å²) in [6.07, 6.45) is 0.641. The van der Waals surface area contributed by atoms with E-state index in [1.54, 1.807) is 25.1 Å². The fourth-order valence-corrected chi connectivity index (χ4v) is 2.63. The van der Waals surface area contributed by atoms with Crippen LogP contribution in [0.4, 0.5) is 8.78 Å². The normalized spacial score (nSPS) is 24.6. The lowest BCUT2D eigenvalue weighted by Gasteiger charge is -2.27. The van der Waals surface area contributed by atoms with Crippen LogP contribution in [0.2, 0.25) is 0 Å². The van der Waals surface area contributed by atoms with E-state index in [0.717, 1.165) is 0 Å². The van der Waals surface area contributed by atoms with E-state index < -0.39 is 24.5 Å². The van der Waals surface area contributed by atoms with Gasteiger partial charge in [-0.25, -0.2) is 0 Å². The van der Waals surface area contributed by atoms with Gasteiger partial charge in [0.1, 0.15) is 6.04 Å². The average molecular weight is 269 g/mol. The molecule has 2 unspecified atom stereocenters. The lowest BCUT2D eigenvalue weighted by atomic mass is 10.0. The molecular weight excluding hydrogens is 252 g/mol. The summed E-state index contributed by atoms with van der Waals surface area (Å²) >= 11 is 0. The van der Waals surface area contributed by atoms with Gasteiger partial charge in [-0.1, -0.05) is 37.3 Å². The van der Waals surface area contributed by atoms with Crippen molar-refractivity contribution in [2.45, 2.75) is 25.3 Å². The largest absolute Gasteiger partial charge is 0.480 e. The van der Waals surface area contributed by atoms with E-state index in [0.29, 0.717) is 13.0 Å². The minimum atomic E-state index is -3.03. The standard InChI is InChI=1S/C14H17F2NO2/c1-10-7-8-17(12(10)13(18)19)9-14(15,16)11-5-3-2-4-6-11/h2-6,10,12H,7-9H2,1H3,(H,18,19). The van der Waals surface area contributed by atoms with Crippen molar-refractivity contribution in [2.24, 2.45) is 5.92 Å². The molecule has 1 saturated heterocycles. The molecule has 2 rings (SSSR count). The number of carbonyl (C=O) groups is 1. The number of alkyl halides is 2. The Balaban J connectivity index is 2.14. The van der Waals surface area contributed by atoms with E-state index >= 15 is 0 Å². The van der Waals surface area contributed by atoms with Crippen LogP contribution in [0.15, 0.2) is 30.3 Å². The number of carboxylic acid groups (broad SMARTS) is 1. The van der Waals surface area contributed by atoms with Gasteiger partial charge >= 0.3 is 5.97 Å². The number of benzene rings is 1. The highest BCUT2D eigenvalue weighted by molar-refractivity contribution is 5.74. The fourth-order valence-electron chi connectivity index (χ4n) is 2.63. The second-order valence-corrected chi connectivity index (χ2v) is 5.09. The lowest BCUT2D eigenvalue weighted by Crippen LogP contribution is -2.44. The van der Waals surface area contributed by atoms with Crippen molar-refractivity contribution in [3.8, 4) is 0 Å². The third-order valence-electron chi connectivity index (χ3n) is 3.65. The van der Waals surface area contributed by atoms with E-state index in [4.69, 9.17) is 5.11 Å². The Morgan fingerprint density at radius 3 is 2.63 bits per heavy atom. The minimum absolute atomic E-state index is 0.0707. The lowest BCUT2D eigenvalue weighted by molar-refractivity contribution is -0.145. The number of nitrogens with zero attached hydrogens (tertiary/aromatic N) is 1. The smallest absolute Gasteiger partial charge is 0.321 e. The quantitative estimate of drug-likeness (QED) is 0.913. The Hall–Kier alpha value is -1.49. The first-order valence-electron chi connectivity index (χ1n) is 6.32. The van der Waals surface area contributed by atoms with Crippen molar-refractivity contribution in [3.05, 3.63) is 35.9 Å². The van der Waals surface area contributed by atoms with Crippen molar-refractivity contribution in [1.29, 1.82) is 0 Å². The van der Waals surface area contributed by atoms with Crippen LogP contribution in [0.1, 0.15) is 18.9 Å². The van der Waals surface area contributed by atoms with Gasteiger partial charge in [0, 0.05) is 5.56 Å². The number of hydrogen-bond acceptors (Lipinski definition) is 2. The molecule has 0 spiro atoms. The minimum Gasteiger partial charge on any atom is -0.480 e. The van der Waals surface area contributed by atoms with E-state index in [1.165, 1.54) is 17.0 Å². The zero-order valence-electron chi connectivity index (χ0n) is 10.7. The van der Waals surface area contributed by atoms with Crippen molar-refractivity contribution >= 4 is 5.97 Å². The SMILES string of the molecule is CC1CCN(CC(F)(F)c2ccccc2)C1C(=O)O. The second kappa shape index (κ2) is 5.25. The Morgan fingerprint density at radius 1 is 1.42 bits per heavy atom. The predicted molar refractivity (Wildman–Crippen MR) is 67.1 cm³/mol. The van der Waals surface area contributed by atoms with Gasteiger partial charge in [-0.3, -0.25) is 9.69 Å². The molecule has 1 N–H and O–H groups in total. The molecule has 1 aliphatic heterocycles. The van der Waals surface area contributed by atoms with Crippen molar-refractivity contribution < 1.29 is 18.7 Å². The van der Waals surface area contributed by atoms with Gasteiger partial charge in [0.2, 0.25) is 0 Å². The van der Waals surface area contributed by atoms with Crippen LogP contribution in [0, 0.1) is 5.92 Å². The summed E-state index contributed by atoms with van der Waals surface area (Å²) in [7, 11) is 0. The number of aliphatic carboxylic acids is 1. The van der Waals surface area contributed by atoms with Gasteiger partial charge < -0.3 is 5.11 Å². The van der Waals surface area contributed by atoms with E-state index in [2.05, 4.69) is 0 Å². The zero-order valence-corrected chi connectivity index (χ0v) is 10.7. The highest BCUT2D eigenvalue weighted by atomic mass is 19.3. The third kappa shape index (κ3) is 2.92. The Bertz CT molecular complexity index is 450. The molecule has 0 radical (unpaired) electrons. The van der Waals surface area contributed by atoms with E-state index in [1.807, 2.05) is 0 Å². The molecule has 0 saturated carbocycles. The molecule has 0 aliphatic carbocycles. The van der Waals surface area contributed by atoms with Gasteiger partial charge in [0.05, 0.1) is 6.54 Å². The van der Waals surface area contributed by atoms with Crippen LogP contribution in [0.5, 0.6) is 0 Å².